The van der Waals surface area contributed by atoms with Crippen molar-refractivity contribution in [1.29, 1.82) is 0 Å². The number of amides is 1. The number of pyridine rings is 3. The predicted molar refractivity (Wildman–Crippen MR) is 96.9 cm³/mol. The Labute approximate surface area is 156 Å². The van der Waals surface area contributed by atoms with Crippen molar-refractivity contribution >= 4 is 5.91 Å². The van der Waals surface area contributed by atoms with Crippen molar-refractivity contribution in [2.24, 2.45) is 0 Å². The number of ether oxygens (including phenoxy) is 2. The zero-order chi connectivity index (χ0) is 18.5. The van der Waals surface area contributed by atoms with Gasteiger partial charge < -0.3 is 14.4 Å². The Hall–Kier alpha value is -3.32. The Balaban J connectivity index is 1.65. The Bertz CT molecular complexity index is 905. The average molecular weight is 362 g/mol. The lowest BCUT2D eigenvalue weighted by molar-refractivity contribution is -0.149. The highest BCUT2D eigenvalue weighted by atomic mass is 16.5. The molecule has 1 aliphatic rings. The van der Waals surface area contributed by atoms with Crippen LogP contribution in [0.15, 0.2) is 67.4 Å². The molecule has 7 nitrogen and oxygen atoms in total. The topological polar surface area (TPSA) is 77.4 Å². The van der Waals surface area contributed by atoms with Gasteiger partial charge in [0.05, 0.1) is 31.1 Å². The van der Waals surface area contributed by atoms with Gasteiger partial charge in [0.1, 0.15) is 18.1 Å². The van der Waals surface area contributed by atoms with Crippen LogP contribution in [0.2, 0.25) is 0 Å². The Morgan fingerprint density at radius 2 is 2.00 bits per heavy atom. The molecule has 0 spiro atoms. The molecule has 0 radical (unpaired) electrons. The Kier molecular flexibility index (Phi) is 5.02. The Morgan fingerprint density at radius 1 is 1.07 bits per heavy atom. The van der Waals surface area contributed by atoms with Crippen LogP contribution in [0.5, 0.6) is 11.5 Å². The fourth-order valence-corrected chi connectivity index (χ4v) is 3.00. The van der Waals surface area contributed by atoms with E-state index >= 15 is 0 Å². The van der Waals surface area contributed by atoms with E-state index in [1.165, 1.54) is 0 Å². The highest BCUT2D eigenvalue weighted by Gasteiger charge is 2.32. The second kappa shape index (κ2) is 7.92. The summed E-state index contributed by atoms with van der Waals surface area (Å²) in [6.07, 6.45) is 8.41. The maximum absolute atomic E-state index is 12.6. The largest absolute Gasteiger partial charge is 0.455 e. The molecule has 0 N–H and O–H groups in total. The third-order valence-corrected chi connectivity index (χ3v) is 4.29. The second-order valence-electron chi connectivity index (χ2n) is 6.08. The first-order valence-electron chi connectivity index (χ1n) is 8.60. The lowest BCUT2D eigenvalue weighted by atomic mass is 10.1. The molecule has 7 heteroatoms. The number of aromatic nitrogens is 3. The molecule has 4 heterocycles. The fourth-order valence-electron chi connectivity index (χ4n) is 3.00. The summed E-state index contributed by atoms with van der Waals surface area (Å²) in [7, 11) is 0. The minimum Gasteiger partial charge on any atom is -0.455 e. The number of hydrogen-bond acceptors (Lipinski definition) is 6. The number of hydrogen-bond donors (Lipinski definition) is 0. The number of carbonyl (C=O) groups excluding carboxylic acids is 1. The highest BCUT2D eigenvalue weighted by molar-refractivity contribution is 5.78. The van der Waals surface area contributed by atoms with Gasteiger partial charge in [-0.05, 0) is 30.3 Å². The molecule has 1 unspecified atom stereocenters. The molecule has 1 saturated heterocycles. The van der Waals surface area contributed by atoms with Gasteiger partial charge in [0.2, 0.25) is 5.91 Å². The van der Waals surface area contributed by atoms with Crippen LogP contribution in [-0.4, -0.2) is 39.0 Å². The maximum atomic E-state index is 12.6. The van der Waals surface area contributed by atoms with Crippen molar-refractivity contribution in [3.05, 3.63) is 78.6 Å². The second-order valence-corrected chi connectivity index (χ2v) is 6.08. The molecule has 3 aromatic heterocycles. The molecule has 0 bridgehead atoms. The molecule has 1 amide bonds. The number of nitrogens with zero attached hydrogens (tertiary/aromatic N) is 4. The molecule has 0 aromatic carbocycles. The zero-order valence-electron chi connectivity index (χ0n) is 14.6. The summed E-state index contributed by atoms with van der Waals surface area (Å²) in [5.74, 6) is 1.14. The van der Waals surface area contributed by atoms with Crippen LogP contribution >= 0.6 is 0 Å². The van der Waals surface area contributed by atoms with Crippen LogP contribution in [0.25, 0.3) is 0 Å². The zero-order valence-corrected chi connectivity index (χ0v) is 14.6. The summed E-state index contributed by atoms with van der Waals surface area (Å²) in [4.78, 5) is 26.9. The van der Waals surface area contributed by atoms with Crippen molar-refractivity contribution < 1.29 is 14.3 Å². The Morgan fingerprint density at radius 3 is 2.81 bits per heavy atom. The lowest BCUT2D eigenvalue weighted by Gasteiger charge is -2.36. The smallest absolute Gasteiger partial charge is 0.249 e. The van der Waals surface area contributed by atoms with E-state index in [0.717, 1.165) is 11.3 Å². The van der Waals surface area contributed by atoms with Gasteiger partial charge in [-0.1, -0.05) is 6.07 Å². The van der Waals surface area contributed by atoms with Gasteiger partial charge in [0.15, 0.2) is 0 Å². The normalized spacial score (nSPS) is 17.0. The van der Waals surface area contributed by atoms with Gasteiger partial charge in [0.25, 0.3) is 0 Å². The predicted octanol–water partition coefficient (Wildman–Crippen LogP) is 2.76. The first-order valence-corrected chi connectivity index (χ1v) is 8.60. The molecular weight excluding hydrogens is 344 g/mol. The van der Waals surface area contributed by atoms with Gasteiger partial charge in [-0.3, -0.25) is 19.7 Å². The van der Waals surface area contributed by atoms with Crippen LogP contribution in [0.1, 0.15) is 17.3 Å². The van der Waals surface area contributed by atoms with Gasteiger partial charge in [-0.25, -0.2) is 0 Å². The molecular formula is C20H18N4O3. The van der Waals surface area contributed by atoms with Gasteiger partial charge in [-0.15, -0.1) is 0 Å². The van der Waals surface area contributed by atoms with E-state index in [1.807, 2.05) is 24.3 Å². The summed E-state index contributed by atoms with van der Waals surface area (Å²) in [5.41, 5.74) is 1.60. The third kappa shape index (κ3) is 3.93. The first-order chi connectivity index (χ1) is 13.3. The molecule has 1 atom stereocenters. The lowest BCUT2D eigenvalue weighted by Crippen LogP contribution is -2.43. The van der Waals surface area contributed by atoms with E-state index in [-0.39, 0.29) is 18.6 Å². The first kappa shape index (κ1) is 17.1. The quantitative estimate of drug-likeness (QED) is 0.695. The average Bonchev–Trinajstić information content (AvgIpc) is 2.72. The molecule has 136 valence electrons. The van der Waals surface area contributed by atoms with Gasteiger partial charge in [0, 0.05) is 30.4 Å². The molecule has 27 heavy (non-hydrogen) atoms. The monoisotopic (exact) mass is 362 g/mol. The van der Waals surface area contributed by atoms with Crippen LogP contribution < -0.4 is 4.74 Å². The van der Waals surface area contributed by atoms with E-state index in [4.69, 9.17) is 9.47 Å². The van der Waals surface area contributed by atoms with Crippen LogP contribution in [0.4, 0.5) is 0 Å². The molecule has 0 aliphatic carbocycles. The number of rotatable bonds is 5. The van der Waals surface area contributed by atoms with Crippen molar-refractivity contribution in [1.82, 2.24) is 19.9 Å². The molecule has 1 aliphatic heterocycles. The van der Waals surface area contributed by atoms with Crippen molar-refractivity contribution in [3.8, 4) is 11.5 Å². The van der Waals surface area contributed by atoms with E-state index < -0.39 is 0 Å². The fraction of sp³-hybridized carbons (Fsp3) is 0.200. The summed E-state index contributed by atoms with van der Waals surface area (Å²) < 4.78 is 11.5. The molecule has 0 saturated carbocycles. The third-order valence-electron chi connectivity index (χ3n) is 4.29. The van der Waals surface area contributed by atoms with Gasteiger partial charge >= 0.3 is 0 Å². The van der Waals surface area contributed by atoms with Crippen molar-refractivity contribution in [2.75, 3.05) is 13.2 Å². The summed E-state index contributed by atoms with van der Waals surface area (Å²) >= 11 is 0. The maximum Gasteiger partial charge on any atom is 0.249 e. The van der Waals surface area contributed by atoms with Crippen LogP contribution in [0.3, 0.4) is 0 Å². The summed E-state index contributed by atoms with van der Waals surface area (Å²) in [6.45, 7) is 0.824. The minimum absolute atomic E-state index is 0.0579. The summed E-state index contributed by atoms with van der Waals surface area (Å²) in [5, 5.41) is 0. The van der Waals surface area contributed by atoms with E-state index in [0.29, 0.717) is 24.7 Å². The van der Waals surface area contributed by atoms with Crippen LogP contribution in [-0.2, 0) is 16.1 Å². The number of carbonyl (C=O) groups is 1. The van der Waals surface area contributed by atoms with E-state index in [9.17, 15) is 4.79 Å². The van der Waals surface area contributed by atoms with E-state index in [2.05, 4.69) is 15.0 Å². The van der Waals surface area contributed by atoms with Crippen molar-refractivity contribution in [2.45, 2.75) is 12.6 Å². The SMILES string of the molecule is O=C1COCC(c2cnccc2Oc2cccnc2)N1Cc1ccccn1. The standard InChI is InChI=1S/C20H18N4O3/c25-20-14-26-13-18(24(20)12-15-4-1-2-8-23-15)17-11-22-9-6-19(17)27-16-5-3-7-21-10-16/h1-11,18H,12-14H2. The summed E-state index contributed by atoms with van der Waals surface area (Å²) in [6, 6.07) is 10.7. The molecule has 1 fully saturated rings. The van der Waals surface area contributed by atoms with E-state index in [1.54, 1.807) is 48.0 Å². The number of morpholine rings is 1. The van der Waals surface area contributed by atoms with Crippen molar-refractivity contribution in [3.63, 3.8) is 0 Å². The van der Waals surface area contributed by atoms with Crippen LogP contribution in [0, 0.1) is 0 Å². The minimum atomic E-state index is -0.311. The molecule has 3 aromatic rings. The molecule has 4 rings (SSSR count). The highest BCUT2D eigenvalue weighted by Crippen LogP contribution is 2.34. The van der Waals surface area contributed by atoms with Gasteiger partial charge in [-0.2, -0.15) is 0 Å².